The molecule has 0 atom stereocenters. The fourth-order valence-electron chi connectivity index (χ4n) is 4.38. The maximum Gasteiger partial charge on any atom is 0.256 e. The van der Waals surface area contributed by atoms with Gasteiger partial charge >= 0.3 is 0 Å². The second kappa shape index (κ2) is 9.52. The molecule has 0 unspecified atom stereocenters. The van der Waals surface area contributed by atoms with E-state index in [0.717, 1.165) is 18.4 Å². The van der Waals surface area contributed by atoms with Gasteiger partial charge in [-0.05, 0) is 37.8 Å². The molecule has 1 fully saturated rings. The number of aryl methyl sites for hydroxylation is 1. The van der Waals surface area contributed by atoms with Gasteiger partial charge in [0.1, 0.15) is 5.82 Å². The lowest BCUT2D eigenvalue weighted by atomic mass is 9.97. The zero-order valence-electron chi connectivity index (χ0n) is 19.2. The minimum Gasteiger partial charge on any atom is -0.384 e. The molecule has 4 rings (SSSR count). The van der Waals surface area contributed by atoms with Gasteiger partial charge in [-0.1, -0.05) is 30.3 Å². The number of hydrogen-bond donors (Lipinski definition) is 1. The summed E-state index contributed by atoms with van der Waals surface area (Å²) in [5.41, 5.74) is 2.98. The number of methoxy groups -OCH3 is 1. The van der Waals surface area contributed by atoms with Crippen molar-refractivity contribution in [3.05, 3.63) is 48.0 Å². The number of amides is 1. The fourth-order valence-corrected chi connectivity index (χ4v) is 5.00. The Hall–Kier alpha value is -2.91. The summed E-state index contributed by atoms with van der Waals surface area (Å²) in [4.78, 5) is 20.2. The van der Waals surface area contributed by atoms with E-state index in [1.807, 2.05) is 46.8 Å². The normalized spacial score (nSPS) is 15.2. The number of fused-ring (bicyclic) bond motifs is 1. The van der Waals surface area contributed by atoms with Crippen LogP contribution in [0.4, 0.5) is 5.69 Å². The molecule has 1 N–H and O–H groups in total. The van der Waals surface area contributed by atoms with Crippen molar-refractivity contribution in [1.82, 2.24) is 14.5 Å². The molecule has 0 radical (unpaired) electrons. The molecule has 1 amide bonds. The standard InChI is InChI=1S/C24H30N4O4S/c1-4-33(30,31)26-19-14-20(24(29)28-12-10-17(11-13-28)16-32-3)22-21(15-19)25-23(27(22)2)18-8-6-5-7-9-18/h5-9,14-15,17,26H,4,10-13,16H2,1-3H3. The van der Waals surface area contributed by atoms with Gasteiger partial charge in [0.25, 0.3) is 5.91 Å². The molecule has 8 nitrogen and oxygen atoms in total. The van der Waals surface area contributed by atoms with E-state index < -0.39 is 10.0 Å². The summed E-state index contributed by atoms with van der Waals surface area (Å²) >= 11 is 0. The van der Waals surface area contributed by atoms with E-state index in [-0.39, 0.29) is 11.7 Å². The SMILES string of the molecule is CCS(=O)(=O)Nc1cc(C(=O)N2CCC(COC)CC2)c2c(c1)nc(-c1ccccc1)n2C. The highest BCUT2D eigenvalue weighted by molar-refractivity contribution is 7.92. The number of sulfonamides is 1. The Bertz CT molecular complexity index is 1250. The van der Waals surface area contributed by atoms with E-state index in [2.05, 4.69) is 4.72 Å². The van der Waals surface area contributed by atoms with E-state index in [1.165, 1.54) is 0 Å². The van der Waals surface area contributed by atoms with Crippen molar-refractivity contribution in [2.24, 2.45) is 13.0 Å². The Morgan fingerprint density at radius 1 is 1.18 bits per heavy atom. The maximum absolute atomic E-state index is 13.6. The van der Waals surface area contributed by atoms with E-state index in [0.29, 0.717) is 53.7 Å². The number of imidazole rings is 1. The highest BCUT2D eigenvalue weighted by Crippen LogP contribution is 2.31. The Balaban J connectivity index is 1.79. The third kappa shape index (κ3) is 4.89. The third-order valence-electron chi connectivity index (χ3n) is 6.19. The summed E-state index contributed by atoms with van der Waals surface area (Å²) < 4.78 is 34.2. The van der Waals surface area contributed by atoms with Crippen LogP contribution in [0, 0.1) is 5.92 Å². The van der Waals surface area contributed by atoms with E-state index >= 15 is 0 Å². The molecule has 0 spiro atoms. The molecule has 33 heavy (non-hydrogen) atoms. The van der Waals surface area contributed by atoms with Gasteiger partial charge in [0.15, 0.2) is 0 Å². The molecule has 1 aliphatic rings. The predicted molar refractivity (Wildman–Crippen MR) is 130 cm³/mol. The summed E-state index contributed by atoms with van der Waals surface area (Å²) in [5.74, 6) is 0.992. The zero-order valence-corrected chi connectivity index (χ0v) is 20.1. The first-order chi connectivity index (χ1) is 15.8. The zero-order chi connectivity index (χ0) is 23.6. The molecular formula is C24H30N4O4S. The van der Waals surface area contributed by atoms with Crippen LogP contribution in [0.5, 0.6) is 0 Å². The molecule has 0 bridgehead atoms. The molecule has 0 saturated carbocycles. The Morgan fingerprint density at radius 2 is 1.88 bits per heavy atom. The number of benzene rings is 2. The number of hydrogen-bond acceptors (Lipinski definition) is 5. The number of ether oxygens (including phenoxy) is 1. The summed E-state index contributed by atoms with van der Waals surface area (Å²) in [6, 6.07) is 13.1. The third-order valence-corrected chi connectivity index (χ3v) is 7.50. The predicted octanol–water partition coefficient (Wildman–Crippen LogP) is 3.50. The van der Waals surface area contributed by atoms with Crippen LogP contribution in [-0.2, 0) is 21.8 Å². The van der Waals surface area contributed by atoms with Crippen molar-refractivity contribution in [3.8, 4) is 11.4 Å². The van der Waals surface area contributed by atoms with E-state index in [4.69, 9.17) is 9.72 Å². The molecule has 3 aromatic rings. The molecule has 1 saturated heterocycles. The van der Waals surface area contributed by atoms with Crippen molar-refractivity contribution < 1.29 is 17.9 Å². The summed E-state index contributed by atoms with van der Waals surface area (Å²) in [6.07, 6.45) is 1.76. The molecule has 176 valence electrons. The van der Waals surface area contributed by atoms with Gasteiger partial charge in [0.05, 0.1) is 28.0 Å². The molecule has 9 heteroatoms. The van der Waals surface area contributed by atoms with Gasteiger partial charge in [-0.25, -0.2) is 13.4 Å². The number of carbonyl (C=O) groups excluding carboxylic acids is 1. The van der Waals surface area contributed by atoms with Crippen LogP contribution in [0.2, 0.25) is 0 Å². The van der Waals surface area contributed by atoms with Crippen molar-refractivity contribution >= 4 is 32.7 Å². The molecule has 2 heterocycles. The number of nitrogens with one attached hydrogen (secondary N) is 1. The minimum atomic E-state index is -3.50. The number of carbonyl (C=O) groups is 1. The topological polar surface area (TPSA) is 93.5 Å². The molecule has 1 aromatic heterocycles. The number of aromatic nitrogens is 2. The van der Waals surface area contributed by atoms with Crippen LogP contribution in [0.15, 0.2) is 42.5 Å². The van der Waals surface area contributed by atoms with Gasteiger partial charge in [0, 0.05) is 39.4 Å². The van der Waals surface area contributed by atoms with Gasteiger partial charge in [-0.2, -0.15) is 0 Å². The average molecular weight is 471 g/mol. The Kier molecular flexibility index (Phi) is 6.71. The van der Waals surface area contributed by atoms with Gasteiger partial charge < -0.3 is 14.2 Å². The van der Waals surface area contributed by atoms with Gasteiger partial charge in [-0.15, -0.1) is 0 Å². The monoisotopic (exact) mass is 470 g/mol. The number of likely N-dealkylation sites (tertiary alicyclic amines) is 1. The smallest absolute Gasteiger partial charge is 0.256 e. The van der Waals surface area contributed by atoms with E-state index in [9.17, 15) is 13.2 Å². The summed E-state index contributed by atoms with van der Waals surface area (Å²) in [6.45, 7) is 3.55. The molecule has 0 aliphatic carbocycles. The van der Waals surface area contributed by atoms with Crippen molar-refractivity contribution in [2.75, 3.05) is 37.3 Å². The average Bonchev–Trinajstić information content (AvgIpc) is 3.15. The minimum absolute atomic E-state index is 0.0567. The molecule has 1 aliphatic heterocycles. The summed E-state index contributed by atoms with van der Waals surface area (Å²) in [5, 5.41) is 0. The highest BCUT2D eigenvalue weighted by atomic mass is 32.2. The number of nitrogens with zero attached hydrogens (tertiary/aromatic N) is 3. The van der Waals surface area contributed by atoms with Gasteiger partial charge in [0.2, 0.25) is 10.0 Å². The second-order valence-corrected chi connectivity index (χ2v) is 10.5. The number of anilines is 1. The molecular weight excluding hydrogens is 440 g/mol. The van der Waals surface area contributed by atoms with Crippen LogP contribution in [-0.4, -0.2) is 61.3 Å². The lowest BCUT2D eigenvalue weighted by Crippen LogP contribution is -2.39. The van der Waals surface area contributed by atoms with Crippen molar-refractivity contribution in [3.63, 3.8) is 0 Å². The number of piperidine rings is 1. The van der Waals surface area contributed by atoms with Crippen LogP contribution >= 0.6 is 0 Å². The largest absolute Gasteiger partial charge is 0.384 e. The first kappa shape index (κ1) is 23.3. The lowest BCUT2D eigenvalue weighted by molar-refractivity contribution is 0.0615. The first-order valence-corrected chi connectivity index (χ1v) is 12.8. The molecule has 2 aromatic carbocycles. The van der Waals surface area contributed by atoms with Crippen molar-refractivity contribution in [1.29, 1.82) is 0 Å². The van der Waals surface area contributed by atoms with Crippen molar-refractivity contribution in [2.45, 2.75) is 19.8 Å². The Morgan fingerprint density at radius 3 is 2.52 bits per heavy atom. The Labute approximate surface area is 194 Å². The highest BCUT2D eigenvalue weighted by Gasteiger charge is 2.27. The van der Waals surface area contributed by atoms with Crippen LogP contribution < -0.4 is 4.72 Å². The van der Waals surface area contributed by atoms with Crippen LogP contribution in [0.1, 0.15) is 30.1 Å². The van der Waals surface area contributed by atoms with Gasteiger partial charge in [-0.3, -0.25) is 9.52 Å². The maximum atomic E-state index is 13.6. The second-order valence-electron chi connectivity index (χ2n) is 8.45. The fraction of sp³-hybridized carbons (Fsp3) is 0.417. The van der Waals surface area contributed by atoms with E-state index in [1.54, 1.807) is 26.2 Å². The summed E-state index contributed by atoms with van der Waals surface area (Å²) in [7, 11) is 0.0814. The number of rotatable bonds is 7. The van der Waals surface area contributed by atoms with Crippen LogP contribution in [0.25, 0.3) is 22.4 Å². The lowest BCUT2D eigenvalue weighted by Gasteiger charge is -2.32. The quantitative estimate of drug-likeness (QED) is 0.570. The first-order valence-electron chi connectivity index (χ1n) is 11.2. The van der Waals surface area contributed by atoms with Crippen LogP contribution in [0.3, 0.4) is 0 Å².